The van der Waals surface area contributed by atoms with Crippen molar-refractivity contribution in [2.75, 3.05) is 12.4 Å². The Bertz CT molecular complexity index is 364. The highest BCUT2D eigenvalue weighted by Crippen LogP contribution is 2.02. The quantitative estimate of drug-likeness (QED) is 0.471. The van der Waals surface area contributed by atoms with E-state index in [1.807, 2.05) is 0 Å². The number of carbonyl (C=O) groups excluding carboxylic acids is 1. The van der Waals surface area contributed by atoms with E-state index in [-0.39, 0.29) is 5.91 Å². The van der Waals surface area contributed by atoms with E-state index in [0.717, 1.165) is 12.0 Å². The molecule has 0 aliphatic carbocycles. The highest BCUT2D eigenvalue weighted by molar-refractivity contribution is 6.17. The smallest absolute Gasteiger partial charge is 0.251 e. The zero-order chi connectivity index (χ0) is 11.1. The Hall–Kier alpha value is -1.46. The van der Waals surface area contributed by atoms with Gasteiger partial charge in [0, 0.05) is 23.6 Å². The Morgan fingerprint density at radius 1 is 1.40 bits per heavy atom. The van der Waals surface area contributed by atoms with Gasteiger partial charge in [-0.2, -0.15) is 0 Å². The fraction of sp³-hybridized carbons (Fsp3) is 0.250. The summed E-state index contributed by atoms with van der Waals surface area (Å²) in [7, 11) is 0. The number of terminal acetylenes is 1. The molecule has 0 heterocycles. The van der Waals surface area contributed by atoms with Gasteiger partial charge in [-0.05, 0) is 30.7 Å². The third-order valence-corrected chi connectivity index (χ3v) is 2.18. The normalized spacial score (nSPS) is 9.33. The lowest BCUT2D eigenvalue weighted by atomic mass is 10.1. The SMILES string of the molecule is C#Cc1ccc(C(=O)NCCCCl)cc1. The molecule has 3 heteroatoms. The van der Waals surface area contributed by atoms with Gasteiger partial charge >= 0.3 is 0 Å². The Morgan fingerprint density at radius 2 is 2.07 bits per heavy atom. The summed E-state index contributed by atoms with van der Waals surface area (Å²) < 4.78 is 0. The number of benzene rings is 1. The van der Waals surface area contributed by atoms with Gasteiger partial charge in [0.05, 0.1) is 0 Å². The number of carbonyl (C=O) groups is 1. The number of nitrogens with one attached hydrogen (secondary N) is 1. The van der Waals surface area contributed by atoms with Gasteiger partial charge < -0.3 is 5.32 Å². The molecular formula is C12H12ClNO. The predicted molar refractivity (Wildman–Crippen MR) is 62.0 cm³/mol. The van der Waals surface area contributed by atoms with Crippen LogP contribution in [0.2, 0.25) is 0 Å². The van der Waals surface area contributed by atoms with E-state index in [1.54, 1.807) is 24.3 Å². The van der Waals surface area contributed by atoms with Crippen molar-refractivity contribution in [3.05, 3.63) is 35.4 Å². The molecule has 0 fully saturated rings. The average Bonchev–Trinajstić information content (AvgIpc) is 2.29. The van der Waals surface area contributed by atoms with E-state index in [1.165, 1.54) is 0 Å². The Labute approximate surface area is 94.6 Å². The number of hydrogen-bond donors (Lipinski definition) is 1. The molecule has 0 bridgehead atoms. The van der Waals surface area contributed by atoms with E-state index in [4.69, 9.17) is 18.0 Å². The van der Waals surface area contributed by atoms with Crippen molar-refractivity contribution in [2.45, 2.75) is 6.42 Å². The summed E-state index contributed by atoms with van der Waals surface area (Å²) in [5, 5.41) is 2.76. The first kappa shape index (κ1) is 11.6. The standard InChI is InChI=1S/C12H12ClNO/c1-2-10-4-6-11(7-5-10)12(15)14-9-3-8-13/h1,4-7H,3,8-9H2,(H,14,15). The third kappa shape index (κ3) is 3.65. The zero-order valence-corrected chi connectivity index (χ0v) is 9.05. The second-order valence-corrected chi connectivity index (χ2v) is 3.40. The molecule has 0 spiro atoms. The molecular weight excluding hydrogens is 210 g/mol. The van der Waals surface area contributed by atoms with Crippen LogP contribution in [0.5, 0.6) is 0 Å². The largest absolute Gasteiger partial charge is 0.352 e. The van der Waals surface area contributed by atoms with Crippen LogP contribution in [0.4, 0.5) is 0 Å². The number of amides is 1. The molecule has 0 aliphatic rings. The molecule has 0 saturated heterocycles. The van der Waals surface area contributed by atoms with Crippen LogP contribution in [0.3, 0.4) is 0 Å². The summed E-state index contributed by atoms with van der Waals surface area (Å²) in [5.74, 6) is 2.95. The molecule has 0 atom stereocenters. The van der Waals surface area contributed by atoms with Crippen LogP contribution in [0.25, 0.3) is 0 Å². The maximum atomic E-state index is 11.5. The number of halogens is 1. The molecule has 0 unspecified atom stereocenters. The van der Waals surface area contributed by atoms with E-state index in [0.29, 0.717) is 18.0 Å². The lowest BCUT2D eigenvalue weighted by Crippen LogP contribution is -2.24. The molecule has 15 heavy (non-hydrogen) atoms. The van der Waals surface area contributed by atoms with E-state index >= 15 is 0 Å². The summed E-state index contributed by atoms with van der Waals surface area (Å²) in [6.45, 7) is 0.596. The van der Waals surface area contributed by atoms with Crippen molar-refractivity contribution in [1.29, 1.82) is 0 Å². The van der Waals surface area contributed by atoms with Crippen LogP contribution in [-0.2, 0) is 0 Å². The van der Waals surface area contributed by atoms with E-state index in [2.05, 4.69) is 11.2 Å². The van der Waals surface area contributed by atoms with Crippen LogP contribution in [0, 0.1) is 12.3 Å². The lowest BCUT2D eigenvalue weighted by Gasteiger charge is -2.03. The predicted octanol–water partition coefficient (Wildman–Crippen LogP) is 2.03. The fourth-order valence-corrected chi connectivity index (χ4v) is 1.22. The van der Waals surface area contributed by atoms with Crippen molar-refractivity contribution in [2.24, 2.45) is 0 Å². The van der Waals surface area contributed by atoms with E-state index in [9.17, 15) is 4.79 Å². The minimum atomic E-state index is -0.0938. The molecule has 1 aromatic carbocycles. The molecule has 1 amide bonds. The molecule has 1 N–H and O–H groups in total. The van der Waals surface area contributed by atoms with Gasteiger partial charge in [-0.1, -0.05) is 5.92 Å². The highest BCUT2D eigenvalue weighted by atomic mass is 35.5. The molecule has 0 aromatic heterocycles. The van der Waals surface area contributed by atoms with Crippen LogP contribution in [-0.4, -0.2) is 18.3 Å². The number of alkyl halides is 1. The molecule has 0 saturated carbocycles. The van der Waals surface area contributed by atoms with Crippen molar-refractivity contribution in [3.63, 3.8) is 0 Å². The average molecular weight is 222 g/mol. The molecule has 78 valence electrons. The Morgan fingerprint density at radius 3 is 2.60 bits per heavy atom. The summed E-state index contributed by atoms with van der Waals surface area (Å²) in [5.41, 5.74) is 1.39. The number of rotatable bonds is 4. The van der Waals surface area contributed by atoms with Crippen molar-refractivity contribution in [3.8, 4) is 12.3 Å². The van der Waals surface area contributed by atoms with Crippen LogP contribution < -0.4 is 5.32 Å². The monoisotopic (exact) mass is 221 g/mol. The highest BCUT2D eigenvalue weighted by Gasteiger charge is 2.03. The molecule has 1 rings (SSSR count). The van der Waals surface area contributed by atoms with Crippen LogP contribution in [0.15, 0.2) is 24.3 Å². The van der Waals surface area contributed by atoms with Gasteiger partial charge in [-0.3, -0.25) is 4.79 Å². The Kier molecular flexibility index (Phi) is 4.73. The third-order valence-electron chi connectivity index (χ3n) is 1.91. The Balaban J connectivity index is 2.55. The number of hydrogen-bond acceptors (Lipinski definition) is 1. The van der Waals surface area contributed by atoms with Gasteiger partial charge in [0.25, 0.3) is 5.91 Å². The molecule has 0 radical (unpaired) electrons. The van der Waals surface area contributed by atoms with Crippen molar-refractivity contribution in [1.82, 2.24) is 5.32 Å². The lowest BCUT2D eigenvalue weighted by molar-refractivity contribution is 0.0954. The first-order chi connectivity index (χ1) is 7.27. The zero-order valence-electron chi connectivity index (χ0n) is 8.29. The fourth-order valence-electron chi connectivity index (χ4n) is 1.09. The van der Waals surface area contributed by atoms with Gasteiger partial charge in [-0.25, -0.2) is 0 Å². The van der Waals surface area contributed by atoms with E-state index < -0.39 is 0 Å². The van der Waals surface area contributed by atoms with Gasteiger partial charge in [-0.15, -0.1) is 18.0 Å². The second-order valence-electron chi connectivity index (χ2n) is 3.02. The van der Waals surface area contributed by atoms with Crippen LogP contribution in [0.1, 0.15) is 22.3 Å². The first-order valence-electron chi connectivity index (χ1n) is 4.68. The topological polar surface area (TPSA) is 29.1 Å². The first-order valence-corrected chi connectivity index (χ1v) is 5.22. The maximum Gasteiger partial charge on any atom is 0.251 e. The molecule has 1 aromatic rings. The van der Waals surface area contributed by atoms with Gasteiger partial charge in [0.1, 0.15) is 0 Å². The molecule has 0 aliphatic heterocycles. The second kappa shape index (κ2) is 6.10. The van der Waals surface area contributed by atoms with Gasteiger partial charge in [0.15, 0.2) is 0 Å². The maximum absolute atomic E-state index is 11.5. The van der Waals surface area contributed by atoms with Gasteiger partial charge in [0.2, 0.25) is 0 Å². The van der Waals surface area contributed by atoms with Crippen molar-refractivity contribution >= 4 is 17.5 Å². The summed E-state index contributed by atoms with van der Waals surface area (Å²) in [4.78, 5) is 11.5. The minimum Gasteiger partial charge on any atom is -0.352 e. The summed E-state index contributed by atoms with van der Waals surface area (Å²) in [6.07, 6.45) is 5.98. The minimum absolute atomic E-state index is 0.0938. The summed E-state index contributed by atoms with van der Waals surface area (Å²) >= 11 is 5.50. The van der Waals surface area contributed by atoms with Crippen molar-refractivity contribution < 1.29 is 4.79 Å². The van der Waals surface area contributed by atoms with Crippen LogP contribution >= 0.6 is 11.6 Å². The summed E-state index contributed by atoms with van der Waals surface area (Å²) in [6, 6.07) is 6.92. The molecule has 2 nitrogen and oxygen atoms in total.